The minimum absolute atomic E-state index is 0.0676. The van der Waals surface area contributed by atoms with E-state index in [4.69, 9.17) is 0 Å². The smallest absolute Gasteiger partial charge is 0.256 e. The molecule has 4 nitrogen and oxygen atoms in total. The lowest BCUT2D eigenvalue weighted by Gasteiger charge is -2.18. The molecule has 0 amide bonds. The number of H-pyrrole nitrogens is 1. The number of fused-ring (bicyclic) bond motifs is 2. The number of nitrogens with zero attached hydrogens (tertiary/aromatic N) is 1. The average molecular weight is 199 g/mol. The summed E-state index contributed by atoms with van der Waals surface area (Å²) in [5.74, 6) is 0.664. The van der Waals surface area contributed by atoms with Gasteiger partial charge in [-0.3, -0.25) is 4.79 Å². The van der Waals surface area contributed by atoms with Crippen molar-refractivity contribution in [1.29, 1.82) is 0 Å². The molecule has 74 valence electrons. The molecule has 0 unspecified atom stereocenters. The second kappa shape index (κ2) is 2.95. The van der Waals surface area contributed by atoms with Crippen LogP contribution in [0.3, 0.4) is 0 Å². The summed E-state index contributed by atoms with van der Waals surface area (Å²) in [6, 6.07) is 7.93. The Bertz CT molecular complexity index is 574. The maximum absolute atomic E-state index is 11.5. The van der Waals surface area contributed by atoms with Crippen molar-refractivity contribution >= 4 is 11.5 Å². The predicted molar refractivity (Wildman–Crippen MR) is 57.4 cm³/mol. The van der Waals surface area contributed by atoms with Gasteiger partial charge >= 0.3 is 0 Å². The van der Waals surface area contributed by atoms with Crippen molar-refractivity contribution < 1.29 is 0 Å². The molecular formula is C11H9N3O. The van der Waals surface area contributed by atoms with Crippen molar-refractivity contribution in [2.24, 2.45) is 0 Å². The molecule has 2 N–H and O–H groups in total. The molecule has 1 aliphatic heterocycles. The minimum atomic E-state index is -0.0676. The first-order chi connectivity index (χ1) is 7.34. The van der Waals surface area contributed by atoms with Crippen LogP contribution < -0.4 is 10.9 Å². The first kappa shape index (κ1) is 8.23. The molecular weight excluding hydrogens is 190 g/mol. The summed E-state index contributed by atoms with van der Waals surface area (Å²) < 4.78 is 0. The number of para-hydroxylation sites is 1. The van der Waals surface area contributed by atoms with Crippen molar-refractivity contribution in [3.05, 3.63) is 52.1 Å². The molecule has 3 rings (SSSR count). The number of aromatic amines is 1. The van der Waals surface area contributed by atoms with Gasteiger partial charge in [-0.15, -0.1) is 0 Å². The summed E-state index contributed by atoms with van der Waals surface area (Å²) in [4.78, 5) is 18.2. The molecule has 0 fully saturated rings. The fourth-order valence-electron chi connectivity index (χ4n) is 1.81. The second-order valence-electron chi connectivity index (χ2n) is 3.52. The lowest BCUT2D eigenvalue weighted by molar-refractivity contribution is 1.01. The second-order valence-corrected chi connectivity index (χ2v) is 3.52. The van der Waals surface area contributed by atoms with Gasteiger partial charge in [-0.1, -0.05) is 18.2 Å². The molecule has 0 radical (unpaired) electrons. The Morgan fingerprint density at radius 1 is 1.27 bits per heavy atom. The van der Waals surface area contributed by atoms with Gasteiger partial charge in [-0.25, -0.2) is 4.98 Å². The van der Waals surface area contributed by atoms with Gasteiger partial charge in [0.05, 0.1) is 11.9 Å². The fourth-order valence-corrected chi connectivity index (χ4v) is 1.81. The summed E-state index contributed by atoms with van der Waals surface area (Å²) >= 11 is 0. The maximum atomic E-state index is 11.5. The van der Waals surface area contributed by atoms with Crippen LogP contribution in [-0.2, 0) is 6.42 Å². The van der Waals surface area contributed by atoms with Gasteiger partial charge in [0.1, 0.15) is 5.82 Å². The van der Waals surface area contributed by atoms with Gasteiger partial charge in [0.25, 0.3) is 5.56 Å². The quantitative estimate of drug-likeness (QED) is 0.575. The SMILES string of the molecule is O=c1[nH]cnc2c1Cc1ccccc1N2. The third kappa shape index (κ3) is 1.22. The highest BCUT2D eigenvalue weighted by atomic mass is 16.1. The molecule has 0 saturated heterocycles. The van der Waals surface area contributed by atoms with Crippen molar-refractivity contribution in [3.8, 4) is 0 Å². The molecule has 0 saturated carbocycles. The van der Waals surface area contributed by atoms with Crippen LogP contribution in [0.25, 0.3) is 0 Å². The highest BCUT2D eigenvalue weighted by Crippen LogP contribution is 2.28. The van der Waals surface area contributed by atoms with E-state index in [0.717, 1.165) is 11.3 Å². The zero-order valence-corrected chi connectivity index (χ0v) is 7.95. The highest BCUT2D eigenvalue weighted by molar-refractivity contribution is 5.67. The number of nitrogens with one attached hydrogen (secondary N) is 2. The van der Waals surface area contributed by atoms with Crippen LogP contribution >= 0.6 is 0 Å². The zero-order chi connectivity index (χ0) is 10.3. The Labute approximate surface area is 86.0 Å². The molecule has 0 aliphatic carbocycles. The Hall–Kier alpha value is -2.10. The van der Waals surface area contributed by atoms with Crippen LogP contribution in [0.2, 0.25) is 0 Å². The molecule has 4 heteroatoms. The number of hydrogen-bond donors (Lipinski definition) is 2. The Morgan fingerprint density at radius 3 is 3.07 bits per heavy atom. The molecule has 15 heavy (non-hydrogen) atoms. The van der Waals surface area contributed by atoms with Crippen molar-refractivity contribution in [1.82, 2.24) is 9.97 Å². The van der Waals surface area contributed by atoms with Crippen LogP contribution in [0.5, 0.6) is 0 Å². The molecule has 1 aliphatic rings. The molecule has 1 aromatic carbocycles. The third-order valence-corrected chi connectivity index (χ3v) is 2.59. The zero-order valence-electron chi connectivity index (χ0n) is 7.95. The normalized spacial score (nSPS) is 12.5. The summed E-state index contributed by atoms with van der Waals surface area (Å²) in [6.07, 6.45) is 2.06. The molecule has 0 bridgehead atoms. The number of anilines is 2. The summed E-state index contributed by atoms with van der Waals surface area (Å²) in [7, 11) is 0. The van der Waals surface area contributed by atoms with E-state index >= 15 is 0 Å². The van der Waals surface area contributed by atoms with Crippen LogP contribution in [0.1, 0.15) is 11.1 Å². The van der Waals surface area contributed by atoms with E-state index in [-0.39, 0.29) is 5.56 Å². The van der Waals surface area contributed by atoms with Gasteiger partial charge in [0, 0.05) is 12.1 Å². The predicted octanol–water partition coefficient (Wildman–Crippen LogP) is 1.42. The molecule has 2 heterocycles. The molecule has 0 atom stereocenters. The number of hydrogen-bond acceptors (Lipinski definition) is 3. The fraction of sp³-hybridized carbons (Fsp3) is 0.0909. The van der Waals surface area contributed by atoms with Crippen LogP contribution in [0, 0.1) is 0 Å². The third-order valence-electron chi connectivity index (χ3n) is 2.59. The van der Waals surface area contributed by atoms with Crippen molar-refractivity contribution in [2.45, 2.75) is 6.42 Å². The lowest BCUT2D eigenvalue weighted by atomic mass is 10.0. The number of benzene rings is 1. The van der Waals surface area contributed by atoms with Gasteiger partial charge in [-0.05, 0) is 11.6 Å². The van der Waals surface area contributed by atoms with Crippen LogP contribution in [0.4, 0.5) is 11.5 Å². The number of rotatable bonds is 0. The van der Waals surface area contributed by atoms with Crippen LogP contribution in [0.15, 0.2) is 35.4 Å². The summed E-state index contributed by atoms with van der Waals surface area (Å²) in [6.45, 7) is 0. The first-order valence-electron chi connectivity index (χ1n) is 4.76. The van der Waals surface area contributed by atoms with E-state index in [1.54, 1.807) is 0 Å². The molecule has 1 aromatic heterocycles. The number of aromatic nitrogens is 2. The highest BCUT2D eigenvalue weighted by Gasteiger charge is 2.17. The Morgan fingerprint density at radius 2 is 2.13 bits per heavy atom. The topological polar surface area (TPSA) is 57.8 Å². The Balaban J connectivity index is 2.19. The molecule has 2 aromatic rings. The van der Waals surface area contributed by atoms with Gasteiger partial charge in [-0.2, -0.15) is 0 Å². The summed E-state index contributed by atoms with van der Waals surface area (Å²) in [5.41, 5.74) is 2.80. The summed E-state index contributed by atoms with van der Waals surface area (Å²) in [5, 5.41) is 3.15. The van der Waals surface area contributed by atoms with E-state index in [1.165, 1.54) is 6.33 Å². The van der Waals surface area contributed by atoms with Crippen LogP contribution in [-0.4, -0.2) is 9.97 Å². The largest absolute Gasteiger partial charge is 0.340 e. The van der Waals surface area contributed by atoms with E-state index in [9.17, 15) is 4.79 Å². The van der Waals surface area contributed by atoms with E-state index in [2.05, 4.69) is 15.3 Å². The average Bonchev–Trinajstić information content (AvgIpc) is 2.27. The Kier molecular flexibility index (Phi) is 1.62. The lowest BCUT2D eigenvalue weighted by Crippen LogP contribution is -2.20. The van der Waals surface area contributed by atoms with E-state index in [0.29, 0.717) is 17.8 Å². The molecule has 0 spiro atoms. The monoisotopic (exact) mass is 199 g/mol. The van der Waals surface area contributed by atoms with Gasteiger partial charge < -0.3 is 10.3 Å². The van der Waals surface area contributed by atoms with E-state index < -0.39 is 0 Å². The maximum Gasteiger partial charge on any atom is 0.256 e. The standard InChI is InChI=1S/C11H9N3O/c15-11-8-5-7-3-1-2-4-9(7)14-10(8)12-6-13-11/h1-4,6H,5H2,(H2,12,13,14,15). The van der Waals surface area contributed by atoms with Crippen molar-refractivity contribution in [2.75, 3.05) is 5.32 Å². The van der Waals surface area contributed by atoms with Gasteiger partial charge in [0.15, 0.2) is 0 Å². The van der Waals surface area contributed by atoms with E-state index in [1.807, 2.05) is 24.3 Å². The first-order valence-corrected chi connectivity index (χ1v) is 4.76. The van der Waals surface area contributed by atoms with Gasteiger partial charge in [0.2, 0.25) is 0 Å². The minimum Gasteiger partial charge on any atom is -0.340 e. The van der Waals surface area contributed by atoms with Crippen molar-refractivity contribution in [3.63, 3.8) is 0 Å².